The Morgan fingerprint density at radius 1 is 0.346 bits per heavy atom. The first-order valence-electron chi connectivity index (χ1n) is 17.9. The molecule has 0 spiro atoms. The van der Waals surface area contributed by atoms with E-state index in [2.05, 4.69) is 179 Å². The second kappa shape index (κ2) is 10.3. The van der Waals surface area contributed by atoms with Gasteiger partial charge in [0, 0.05) is 50.1 Å². The Bertz CT molecular complexity index is 3280. The Labute approximate surface area is 299 Å². The molecule has 0 saturated heterocycles. The first-order chi connectivity index (χ1) is 25.8. The first-order valence-corrected chi connectivity index (χ1v) is 17.9. The van der Waals surface area contributed by atoms with Gasteiger partial charge in [0.05, 0.1) is 27.8 Å². The summed E-state index contributed by atoms with van der Waals surface area (Å²) >= 11 is 0. The minimum atomic E-state index is 1.08. The quantitative estimate of drug-likeness (QED) is 0.185. The molecule has 0 atom stereocenters. The van der Waals surface area contributed by atoms with Gasteiger partial charge in [-0.3, -0.25) is 4.98 Å². The number of nitrogens with zero attached hydrogens (tertiary/aromatic N) is 3. The van der Waals surface area contributed by atoms with Gasteiger partial charge >= 0.3 is 0 Å². The molecule has 3 aromatic heterocycles. The van der Waals surface area contributed by atoms with Crippen LogP contribution in [0, 0.1) is 0 Å². The molecule has 0 radical (unpaired) electrons. The van der Waals surface area contributed by atoms with Crippen molar-refractivity contribution in [3.63, 3.8) is 0 Å². The zero-order valence-electron chi connectivity index (χ0n) is 28.1. The summed E-state index contributed by atoms with van der Waals surface area (Å²) in [6.07, 6.45) is 1.93. The van der Waals surface area contributed by atoms with Crippen molar-refractivity contribution in [1.82, 2.24) is 14.1 Å². The van der Waals surface area contributed by atoms with Gasteiger partial charge in [-0.15, -0.1) is 0 Å². The fourth-order valence-corrected chi connectivity index (χ4v) is 8.93. The molecule has 1 aliphatic carbocycles. The van der Waals surface area contributed by atoms with Crippen molar-refractivity contribution in [3.05, 3.63) is 176 Å². The van der Waals surface area contributed by atoms with E-state index in [0.29, 0.717) is 0 Å². The van der Waals surface area contributed by atoms with Gasteiger partial charge in [-0.25, -0.2) is 0 Å². The Hall–Kier alpha value is -6.97. The number of aromatic nitrogens is 3. The third-order valence-electron chi connectivity index (χ3n) is 11.3. The van der Waals surface area contributed by atoms with Gasteiger partial charge in [0.2, 0.25) is 0 Å². The van der Waals surface area contributed by atoms with E-state index in [4.69, 9.17) is 4.98 Å². The average Bonchev–Trinajstić information content (AvgIpc) is 3.83. The molecule has 0 bridgehead atoms. The number of benzene rings is 8. The second-order valence-corrected chi connectivity index (χ2v) is 14.0. The Balaban J connectivity index is 1.09. The van der Waals surface area contributed by atoms with Crippen LogP contribution in [0.2, 0.25) is 0 Å². The van der Waals surface area contributed by atoms with Crippen molar-refractivity contribution in [2.75, 3.05) is 0 Å². The molecule has 0 N–H and O–H groups in total. The summed E-state index contributed by atoms with van der Waals surface area (Å²) in [4.78, 5) is 4.83. The number of hydrogen-bond donors (Lipinski definition) is 0. The average molecular weight is 660 g/mol. The lowest BCUT2D eigenvalue weighted by Crippen LogP contribution is -1.95. The van der Waals surface area contributed by atoms with Crippen molar-refractivity contribution in [1.29, 1.82) is 0 Å². The Morgan fingerprint density at radius 3 is 1.83 bits per heavy atom. The maximum atomic E-state index is 4.83. The van der Waals surface area contributed by atoms with Crippen LogP contribution in [0.15, 0.2) is 176 Å². The van der Waals surface area contributed by atoms with Crippen molar-refractivity contribution >= 4 is 65.2 Å². The molecular formula is C49H29N3. The Morgan fingerprint density at radius 2 is 1.00 bits per heavy atom. The molecule has 8 aromatic carbocycles. The lowest BCUT2D eigenvalue weighted by molar-refractivity contribution is 1.18. The topological polar surface area (TPSA) is 22.8 Å². The third kappa shape index (κ3) is 3.77. The third-order valence-corrected chi connectivity index (χ3v) is 11.3. The molecule has 3 heteroatoms. The number of fused-ring (bicyclic) bond motifs is 10. The van der Waals surface area contributed by atoms with Crippen LogP contribution in [0.4, 0.5) is 0 Å². The maximum Gasteiger partial charge on any atom is 0.0792 e. The van der Waals surface area contributed by atoms with Crippen molar-refractivity contribution in [2.45, 2.75) is 0 Å². The fourth-order valence-electron chi connectivity index (χ4n) is 8.93. The van der Waals surface area contributed by atoms with E-state index in [1.165, 1.54) is 98.7 Å². The number of pyridine rings is 1. The predicted octanol–water partition coefficient (Wildman–Crippen LogP) is 12.9. The van der Waals surface area contributed by atoms with Gasteiger partial charge in [0.25, 0.3) is 0 Å². The largest absolute Gasteiger partial charge is 0.309 e. The van der Waals surface area contributed by atoms with Crippen LogP contribution in [0.25, 0.3) is 110 Å². The fraction of sp³-hybridized carbons (Fsp3) is 0. The van der Waals surface area contributed by atoms with Gasteiger partial charge in [-0.2, -0.15) is 0 Å². The van der Waals surface area contributed by atoms with Crippen molar-refractivity contribution in [3.8, 4) is 44.9 Å². The van der Waals surface area contributed by atoms with Gasteiger partial charge < -0.3 is 9.13 Å². The molecule has 0 saturated carbocycles. The minimum Gasteiger partial charge on any atom is -0.309 e. The summed E-state index contributed by atoms with van der Waals surface area (Å²) in [5, 5.41) is 9.99. The lowest BCUT2D eigenvalue weighted by Gasteiger charge is -2.12. The molecule has 0 aliphatic heterocycles. The molecule has 240 valence electrons. The van der Waals surface area contributed by atoms with E-state index < -0.39 is 0 Å². The zero-order chi connectivity index (χ0) is 33.9. The summed E-state index contributed by atoms with van der Waals surface area (Å²) in [5.41, 5.74) is 14.4. The molecule has 3 heterocycles. The highest BCUT2D eigenvalue weighted by molar-refractivity contribution is 6.17. The van der Waals surface area contributed by atoms with Gasteiger partial charge in [0.1, 0.15) is 0 Å². The molecule has 11 aromatic rings. The molecule has 3 nitrogen and oxygen atoms in total. The van der Waals surface area contributed by atoms with Crippen LogP contribution in [-0.2, 0) is 0 Å². The monoisotopic (exact) mass is 659 g/mol. The van der Waals surface area contributed by atoms with E-state index >= 15 is 0 Å². The van der Waals surface area contributed by atoms with Gasteiger partial charge in [0.15, 0.2) is 0 Å². The Kier molecular flexibility index (Phi) is 5.50. The van der Waals surface area contributed by atoms with Crippen LogP contribution in [0.5, 0.6) is 0 Å². The second-order valence-electron chi connectivity index (χ2n) is 14.0. The summed E-state index contributed by atoms with van der Waals surface area (Å²) in [6.45, 7) is 0. The minimum absolute atomic E-state index is 1.08. The highest BCUT2D eigenvalue weighted by atomic mass is 15.0. The van der Waals surface area contributed by atoms with Crippen LogP contribution < -0.4 is 0 Å². The number of hydrogen-bond acceptors (Lipinski definition) is 1. The van der Waals surface area contributed by atoms with Crippen molar-refractivity contribution < 1.29 is 0 Å². The molecule has 52 heavy (non-hydrogen) atoms. The van der Waals surface area contributed by atoms with Crippen LogP contribution in [0.3, 0.4) is 0 Å². The molecule has 0 amide bonds. The smallest absolute Gasteiger partial charge is 0.0792 e. The summed E-state index contributed by atoms with van der Waals surface area (Å²) in [5.74, 6) is 0. The van der Waals surface area contributed by atoms with E-state index in [9.17, 15) is 0 Å². The molecule has 12 rings (SSSR count). The van der Waals surface area contributed by atoms with Crippen LogP contribution >= 0.6 is 0 Å². The molecular weight excluding hydrogens is 631 g/mol. The van der Waals surface area contributed by atoms with Gasteiger partial charge in [-0.05, 0) is 111 Å². The summed E-state index contributed by atoms with van der Waals surface area (Å²) < 4.78 is 4.83. The van der Waals surface area contributed by atoms with E-state index in [1.54, 1.807) is 0 Å². The van der Waals surface area contributed by atoms with E-state index in [-0.39, 0.29) is 0 Å². The summed E-state index contributed by atoms with van der Waals surface area (Å²) in [6, 6.07) is 62.4. The van der Waals surface area contributed by atoms with Crippen LogP contribution in [-0.4, -0.2) is 14.1 Å². The van der Waals surface area contributed by atoms with Crippen LogP contribution in [0.1, 0.15) is 0 Å². The highest BCUT2D eigenvalue weighted by Crippen LogP contribution is 2.47. The maximum absolute atomic E-state index is 4.83. The van der Waals surface area contributed by atoms with E-state index in [0.717, 1.165) is 11.4 Å². The lowest BCUT2D eigenvalue weighted by atomic mass is 10.00. The standard InChI is InChI=1S/C49H29N3/c1-2-12-35(13-3-1)51-44-16-7-6-14-37(44)41-26-33(17-21-45(41)51)34-18-22-46-42(27-34)43-25-31-9-4-5-10-32(31)28-47(43)52(46)36-19-20-39-40(29-36)38-15-8-11-30-23-24-50-49(39)48(30)38/h1-29H. The number of rotatable bonds is 3. The highest BCUT2D eigenvalue weighted by Gasteiger charge is 2.24. The number of para-hydroxylation sites is 2. The zero-order valence-corrected chi connectivity index (χ0v) is 28.1. The summed E-state index contributed by atoms with van der Waals surface area (Å²) in [7, 11) is 0. The predicted molar refractivity (Wildman–Crippen MR) is 218 cm³/mol. The molecule has 0 unspecified atom stereocenters. The van der Waals surface area contributed by atoms with Crippen molar-refractivity contribution in [2.24, 2.45) is 0 Å². The van der Waals surface area contributed by atoms with E-state index in [1.807, 2.05) is 6.20 Å². The molecule has 0 fully saturated rings. The normalized spacial score (nSPS) is 12.2. The van der Waals surface area contributed by atoms with Gasteiger partial charge in [-0.1, -0.05) is 97.1 Å². The SMILES string of the molecule is c1ccc(-n2c3ccccc3c3cc(-c4ccc5c(c4)c4cc6ccccc6cc4n5-c4ccc5c(c4)-c4cccc6ccnc-5c46)ccc32)cc1. The molecule has 1 aliphatic rings. The first kappa shape index (κ1) is 27.8.